The zero-order chi connectivity index (χ0) is 17.9. The molecule has 16 heteroatoms. The largest absolute Gasteiger partial charge is 0.565 e. The van der Waals surface area contributed by atoms with Gasteiger partial charge < -0.3 is 75.0 Å². The summed E-state index contributed by atoms with van der Waals surface area (Å²) in [4.78, 5) is 42.2. The maximum Gasteiger partial charge on any atom is 0.249 e. The standard InChI is InChI=1S/5CH2O3.V/c5*2-1(3)4;/h5*(H2,2,3,4);/p-5. The van der Waals surface area contributed by atoms with Gasteiger partial charge in [-0.25, -0.2) is 0 Å². The van der Waals surface area contributed by atoms with E-state index in [0.29, 0.717) is 0 Å². The molecule has 0 unspecified atom stereocenters. The van der Waals surface area contributed by atoms with Crippen LogP contribution in [0.3, 0.4) is 0 Å². The summed E-state index contributed by atoms with van der Waals surface area (Å²) in [5.41, 5.74) is 0. The molecule has 0 saturated heterocycles. The van der Waals surface area contributed by atoms with E-state index in [4.69, 9.17) is 75.0 Å². The van der Waals surface area contributed by atoms with Crippen LogP contribution in [0.5, 0.6) is 0 Å². The molecule has 0 saturated carbocycles. The van der Waals surface area contributed by atoms with E-state index in [1.807, 2.05) is 0 Å². The molecule has 0 amide bonds. The van der Waals surface area contributed by atoms with E-state index in [0.717, 1.165) is 0 Å². The molecule has 0 atom stereocenters. The zero-order valence-electron chi connectivity index (χ0n) is 9.27. The van der Waals surface area contributed by atoms with Gasteiger partial charge in [-0.3, -0.25) is 0 Å². The van der Waals surface area contributed by atoms with Crippen molar-refractivity contribution in [3.63, 3.8) is 0 Å². The SMILES string of the molecule is O=C([O-])O.O=C([O-])O.O=C([O-])O.O=C([O-])O.O=C([O-])O.[V]. The van der Waals surface area contributed by atoms with Crippen molar-refractivity contribution < 1.29 is 93.6 Å². The molecule has 21 heavy (non-hydrogen) atoms. The van der Waals surface area contributed by atoms with Gasteiger partial charge in [-0.05, 0) is 0 Å². The molecule has 0 aliphatic rings. The second-order valence-corrected chi connectivity index (χ2v) is 1.33. The third kappa shape index (κ3) is 402. The topological polar surface area (TPSA) is 302 Å². The van der Waals surface area contributed by atoms with Crippen molar-refractivity contribution in [2.45, 2.75) is 0 Å². The molecule has 0 spiro atoms. The van der Waals surface area contributed by atoms with Gasteiger partial charge in [-0.15, -0.1) is 0 Å². The Kier molecular flexibility index (Phi) is 51.9. The average Bonchev–Trinajstić information content (AvgIpc) is 1.94. The summed E-state index contributed by atoms with van der Waals surface area (Å²) in [6.07, 6.45) is -10.4. The second kappa shape index (κ2) is 30.2. The Labute approximate surface area is 125 Å². The van der Waals surface area contributed by atoms with Gasteiger partial charge in [0.1, 0.15) is 0 Å². The van der Waals surface area contributed by atoms with E-state index < -0.39 is 30.8 Å². The van der Waals surface area contributed by atoms with E-state index in [9.17, 15) is 0 Å². The molecule has 0 rings (SSSR count). The fraction of sp³-hybridized carbons (Fsp3) is 0. The van der Waals surface area contributed by atoms with Crippen LogP contribution >= 0.6 is 0 Å². The molecule has 125 valence electrons. The fourth-order valence-electron chi connectivity index (χ4n) is 0. The molecule has 1 radical (unpaired) electrons. The van der Waals surface area contributed by atoms with Crippen LogP contribution < -0.4 is 25.5 Å². The van der Waals surface area contributed by atoms with Gasteiger partial charge in [-0.2, -0.15) is 0 Å². The van der Waals surface area contributed by atoms with Crippen molar-refractivity contribution in [2.24, 2.45) is 0 Å². The Morgan fingerprint density at radius 1 is 0.429 bits per heavy atom. The molecule has 15 nitrogen and oxygen atoms in total. The molecule has 0 bridgehead atoms. The first-order valence-corrected chi connectivity index (χ1v) is 3.16. The maximum atomic E-state index is 8.44. The van der Waals surface area contributed by atoms with Gasteiger partial charge in [0.15, 0.2) is 0 Å². The van der Waals surface area contributed by atoms with Crippen LogP contribution in [-0.4, -0.2) is 56.3 Å². The van der Waals surface area contributed by atoms with Gasteiger partial charge in [0, 0.05) is 18.6 Å². The molecule has 0 heterocycles. The van der Waals surface area contributed by atoms with Gasteiger partial charge in [0.2, 0.25) is 30.8 Å². The van der Waals surface area contributed by atoms with Gasteiger partial charge in [-0.1, -0.05) is 0 Å². The fourth-order valence-corrected chi connectivity index (χ4v) is 0. The van der Waals surface area contributed by atoms with Crippen molar-refractivity contribution in [3.8, 4) is 0 Å². The number of carboxylic acid groups (broad SMARTS) is 10. The normalized spacial score (nSPS) is 5.71. The zero-order valence-corrected chi connectivity index (χ0v) is 10.7. The molecule has 0 aromatic heterocycles. The summed E-state index contributed by atoms with van der Waals surface area (Å²) < 4.78 is 0. The Morgan fingerprint density at radius 3 is 0.429 bits per heavy atom. The van der Waals surface area contributed by atoms with Crippen molar-refractivity contribution in [1.82, 2.24) is 0 Å². The summed E-state index contributed by atoms with van der Waals surface area (Å²) >= 11 is 0. The molecule has 0 fully saturated rings. The minimum atomic E-state index is -2.08. The predicted molar refractivity (Wildman–Crippen MR) is 40.1 cm³/mol. The van der Waals surface area contributed by atoms with Gasteiger partial charge >= 0.3 is 0 Å². The maximum absolute atomic E-state index is 8.44. The van der Waals surface area contributed by atoms with Crippen molar-refractivity contribution >= 4 is 30.8 Å². The third-order valence-corrected chi connectivity index (χ3v) is 0. The summed E-state index contributed by atoms with van der Waals surface area (Å²) in [7, 11) is 0. The van der Waals surface area contributed by atoms with Crippen LogP contribution in [0.1, 0.15) is 0 Å². The first kappa shape index (κ1) is 36.1. The van der Waals surface area contributed by atoms with Crippen LogP contribution in [0.2, 0.25) is 0 Å². The summed E-state index contributed by atoms with van der Waals surface area (Å²) in [6.45, 7) is 0. The van der Waals surface area contributed by atoms with Crippen molar-refractivity contribution in [1.29, 1.82) is 0 Å². The first-order valence-electron chi connectivity index (χ1n) is 3.16. The van der Waals surface area contributed by atoms with E-state index >= 15 is 0 Å². The minimum absolute atomic E-state index is 0. The average molecular weight is 356 g/mol. The molecule has 0 aromatic rings. The van der Waals surface area contributed by atoms with Crippen LogP contribution in [0.15, 0.2) is 0 Å². The summed E-state index contributed by atoms with van der Waals surface area (Å²) in [6, 6.07) is 0. The Hall–Kier alpha value is -3.07. The van der Waals surface area contributed by atoms with Crippen LogP contribution in [-0.2, 0) is 18.6 Å². The first-order chi connectivity index (χ1) is 8.66. The molecular formula is C5H5O15V-5. The van der Waals surface area contributed by atoms with E-state index in [1.165, 1.54) is 0 Å². The Balaban J connectivity index is -0.0000000331. The van der Waals surface area contributed by atoms with Gasteiger partial charge in [0.25, 0.3) is 0 Å². The second-order valence-electron chi connectivity index (χ2n) is 1.33. The summed E-state index contributed by atoms with van der Waals surface area (Å²) in [5, 5.41) is 76.5. The predicted octanol–water partition coefficient (Wildman–Crippen LogP) is -5.56. The van der Waals surface area contributed by atoms with Crippen LogP contribution in [0.4, 0.5) is 24.0 Å². The van der Waals surface area contributed by atoms with E-state index in [2.05, 4.69) is 0 Å². The van der Waals surface area contributed by atoms with E-state index in [1.54, 1.807) is 0 Å². The third-order valence-electron chi connectivity index (χ3n) is 0. The smallest absolute Gasteiger partial charge is 0.249 e. The van der Waals surface area contributed by atoms with Crippen LogP contribution in [0, 0.1) is 0 Å². The Bertz CT molecular complexity index is 207. The minimum Gasteiger partial charge on any atom is -0.565 e. The Morgan fingerprint density at radius 2 is 0.429 bits per heavy atom. The summed E-state index contributed by atoms with van der Waals surface area (Å²) in [5.74, 6) is 0. The van der Waals surface area contributed by atoms with Crippen molar-refractivity contribution in [3.05, 3.63) is 0 Å². The van der Waals surface area contributed by atoms with Crippen molar-refractivity contribution in [2.75, 3.05) is 0 Å². The number of hydrogen-bond acceptors (Lipinski definition) is 10. The molecule has 0 aliphatic heterocycles. The molecular weight excluding hydrogens is 351 g/mol. The monoisotopic (exact) mass is 356 g/mol. The van der Waals surface area contributed by atoms with E-state index in [-0.39, 0.29) is 18.6 Å². The number of rotatable bonds is 0. The molecule has 0 aromatic carbocycles. The quantitative estimate of drug-likeness (QED) is 0.270. The molecule has 0 aliphatic carbocycles. The number of hydrogen-bond donors (Lipinski definition) is 5. The van der Waals surface area contributed by atoms with Gasteiger partial charge in [0.05, 0.1) is 0 Å². The number of carbonyl (C=O) groups is 5. The van der Waals surface area contributed by atoms with Crippen LogP contribution in [0.25, 0.3) is 0 Å². The molecule has 5 N–H and O–H groups in total.